The van der Waals surface area contributed by atoms with Gasteiger partial charge in [-0.15, -0.1) is 0 Å². The minimum absolute atomic E-state index is 0.0928. The third-order valence-corrected chi connectivity index (χ3v) is 5.82. The van der Waals surface area contributed by atoms with Crippen molar-refractivity contribution in [2.24, 2.45) is 23.2 Å². The van der Waals surface area contributed by atoms with Gasteiger partial charge >= 0.3 is 0 Å². The van der Waals surface area contributed by atoms with Crippen LogP contribution in [0.1, 0.15) is 51.4 Å². The molecule has 3 nitrogen and oxygen atoms in total. The molecule has 3 aliphatic rings. The monoisotopic (exact) mass is 260 g/mol. The molecule has 0 spiro atoms. The highest BCUT2D eigenvalue weighted by atomic mass is 16.2. The fourth-order valence-electron chi connectivity index (χ4n) is 4.75. The van der Waals surface area contributed by atoms with Crippen LogP contribution in [0.15, 0.2) is 0 Å². The first-order valence-electron chi connectivity index (χ1n) is 7.81. The van der Waals surface area contributed by atoms with E-state index in [9.17, 15) is 10.1 Å². The Morgan fingerprint density at radius 2 is 2.05 bits per heavy atom. The first-order chi connectivity index (χ1) is 9.14. The van der Waals surface area contributed by atoms with Crippen molar-refractivity contribution in [3.8, 4) is 6.07 Å². The van der Waals surface area contributed by atoms with E-state index in [-0.39, 0.29) is 5.91 Å². The molecule has 104 valence electrons. The Morgan fingerprint density at radius 3 is 2.58 bits per heavy atom. The Bertz CT molecular complexity index is 405. The van der Waals surface area contributed by atoms with Crippen LogP contribution in [0, 0.1) is 34.5 Å². The molecule has 3 heteroatoms. The quantitative estimate of drug-likeness (QED) is 0.783. The average Bonchev–Trinajstić information content (AvgIpc) is 3.14. The Balaban J connectivity index is 1.62. The van der Waals surface area contributed by atoms with Crippen molar-refractivity contribution >= 4 is 5.91 Å². The number of hydrogen-bond donors (Lipinski definition) is 0. The van der Waals surface area contributed by atoms with Crippen molar-refractivity contribution in [3.63, 3.8) is 0 Å². The Hall–Kier alpha value is -1.04. The molecule has 3 aliphatic carbocycles. The van der Waals surface area contributed by atoms with E-state index in [1.54, 1.807) is 0 Å². The molecule has 0 saturated heterocycles. The molecule has 0 aromatic rings. The zero-order valence-corrected chi connectivity index (χ0v) is 11.9. The molecule has 0 radical (unpaired) electrons. The second-order valence-corrected chi connectivity index (χ2v) is 7.02. The number of fused-ring (bicyclic) bond motifs is 2. The molecule has 3 unspecified atom stereocenters. The second kappa shape index (κ2) is 4.81. The maximum atomic E-state index is 12.6. The van der Waals surface area contributed by atoms with Gasteiger partial charge in [0.15, 0.2) is 0 Å². The number of rotatable bonds is 3. The molecule has 1 amide bonds. The number of amides is 1. The summed E-state index contributed by atoms with van der Waals surface area (Å²) < 4.78 is 0. The molecule has 0 aliphatic heterocycles. The lowest BCUT2D eigenvalue weighted by molar-refractivity contribution is -0.138. The van der Waals surface area contributed by atoms with E-state index in [4.69, 9.17) is 0 Å². The molecule has 0 heterocycles. The predicted octanol–water partition coefficient (Wildman–Crippen LogP) is 2.96. The fraction of sp³-hybridized carbons (Fsp3) is 0.875. The first-order valence-corrected chi connectivity index (χ1v) is 7.81. The maximum absolute atomic E-state index is 12.6. The van der Waals surface area contributed by atoms with E-state index in [0.717, 1.165) is 44.1 Å². The van der Waals surface area contributed by atoms with Gasteiger partial charge in [0.2, 0.25) is 5.91 Å². The minimum Gasteiger partial charge on any atom is -0.344 e. The molecule has 3 fully saturated rings. The largest absolute Gasteiger partial charge is 0.344 e. The van der Waals surface area contributed by atoms with Crippen molar-refractivity contribution < 1.29 is 4.79 Å². The van der Waals surface area contributed by atoms with Gasteiger partial charge in [0, 0.05) is 13.6 Å². The summed E-state index contributed by atoms with van der Waals surface area (Å²) in [5, 5.41) is 9.40. The van der Waals surface area contributed by atoms with E-state index < -0.39 is 5.41 Å². The highest BCUT2D eigenvalue weighted by molar-refractivity contribution is 5.85. The molecular formula is C16H24N2O. The van der Waals surface area contributed by atoms with Gasteiger partial charge in [0.25, 0.3) is 0 Å². The van der Waals surface area contributed by atoms with Crippen molar-refractivity contribution in [1.29, 1.82) is 5.26 Å². The molecule has 2 bridgehead atoms. The molecule has 19 heavy (non-hydrogen) atoms. The van der Waals surface area contributed by atoms with Crippen LogP contribution in [0.2, 0.25) is 0 Å². The van der Waals surface area contributed by atoms with E-state index in [2.05, 4.69) is 6.07 Å². The molecule has 0 aromatic heterocycles. The molecule has 3 rings (SSSR count). The van der Waals surface area contributed by atoms with Crippen LogP contribution in [0.25, 0.3) is 0 Å². The van der Waals surface area contributed by atoms with Crippen LogP contribution in [0.3, 0.4) is 0 Å². The lowest BCUT2D eigenvalue weighted by Gasteiger charge is -2.31. The highest BCUT2D eigenvalue weighted by Crippen LogP contribution is 2.48. The van der Waals surface area contributed by atoms with Crippen LogP contribution < -0.4 is 0 Å². The number of nitriles is 1. The van der Waals surface area contributed by atoms with E-state index >= 15 is 0 Å². The van der Waals surface area contributed by atoms with E-state index in [1.165, 1.54) is 25.7 Å². The zero-order valence-electron chi connectivity index (χ0n) is 11.9. The first kappa shape index (κ1) is 13.0. The summed E-state index contributed by atoms with van der Waals surface area (Å²) in [6, 6.07) is 2.33. The Morgan fingerprint density at radius 1 is 1.32 bits per heavy atom. The lowest BCUT2D eigenvalue weighted by atomic mass is 9.84. The number of hydrogen-bond acceptors (Lipinski definition) is 2. The van der Waals surface area contributed by atoms with Gasteiger partial charge in [-0.25, -0.2) is 0 Å². The molecular weight excluding hydrogens is 236 g/mol. The summed E-state index contributed by atoms with van der Waals surface area (Å²) in [5.74, 6) is 2.57. The van der Waals surface area contributed by atoms with Crippen molar-refractivity contribution in [2.75, 3.05) is 13.6 Å². The summed E-state index contributed by atoms with van der Waals surface area (Å²) in [6.45, 7) is 0.878. The third-order valence-electron chi connectivity index (χ3n) is 5.82. The smallest absolute Gasteiger partial charge is 0.242 e. The van der Waals surface area contributed by atoms with Crippen LogP contribution in [-0.2, 0) is 4.79 Å². The van der Waals surface area contributed by atoms with Gasteiger partial charge in [-0.2, -0.15) is 5.26 Å². The standard InChI is InChI=1S/C16H24N2O/c1-18(10-14-9-12-4-5-13(14)8-12)15(19)16(11-17)6-2-3-7-16/h12-14H,2-10H2,1H3. The van der Waals surface area contributed by atoms with Gasteiger partial charge in [0.1, 0.15) is 5.41 Å². The maximum Gasteiger partial charge on any atom is 0.242 e. The van der Waals surface area contributed by atoms with E-state index in [0.29, 0.717) is 5.92 Å². The van der Waals surface area contributed by atoms with Crippen molar-refractivity contribution in [1.82, 2.24) is 4.90 Å². The van der Waals surface area contributed by atoms with Gasteiger partial charge in [-0.1, -0.05) is 19.3 Å². The Kier molecular flexibility index (Phi) is 3.28. The minimum atomic E-state index is -0.688. The highest BCUT2D eigenvalue weighted by Gasteiger charge is 2.45. The molecule has 3 atom stereocenters. The van der Waals surface area contributed by atoms with Crippen molar-refractivity contribution in [3.05, 3.63) is 0 Å². The topological polar surface area (TPSA) is 44.1 Å². The summed E-state index contributed by atoms with van der Waals surface area (Å²) in [4.78, 5) is 14.5. The molecule has 3 saturated carbocycles. The molecule has 0 aromatic carbocycles. The summed E-state index contributed by atoms with van der Waals surface area (Å²) in [5.41, 5.74) is -0.688. The van der Waals surface area contributed by atoms with Crippen LogP contribution >= 0.6 is 0 Å². The third kappa shape index (κ3) is 2.16. The van der Waals surface area contributed by atoms with Gasteiger partial charge in [-0.3, -0.25) is 4.79 Å². The average molecular weight is 260 g/mol. The number of carbonyl (C=O) groups is 1. The van der Waals surface area contributed by atoms with Crippen LogP contribution in [0.4, 0.5) is 0 Å². The van der Waals surface area contributed by atoms with E-state index in [1.807, 2.05) is 11.9 Å². The normalized spacial score (nSPS) is 35.3. The second-order valence-electron chi connectivity index (χ2n) is 7.02. The number of nitrogens with zero attached hydrogens (tertiary/aromatic N) is 2. The Labute approximate surface area is 116 Å². The predicted molar refractivity (Wildman–Crippen MR) is 73.1 cm³/mol. The lowest BCUT2D eigenvalue weighted by Crippen LogP contribution is -2.42. The zero-order chi connectivity index (χ0) is 13.5. The number of carbonyl (C=O) groups excluding carboxylic acids is 1. The fourth-order valence-corrected chi connectivity index (χ4v) is 4.75. The van der Waals surface area contributed by atoms with Crippen molar-refractivity contribution in [2.45, 2.75) is 51.4 Å². The molecule has 0 N–H and O–H groups in total. The summed E-state index contributed by atoms with van der Waals surface area (Å²) in [7, 11) is 1.91. The summed E-state index contributed by atoms with van der Waals surface area (Å²) >= 11 is 0. The van der Waals surface area contributed by atoms with Gasteiger partial charge < -0.3 is 4.90 Å². The SMILES string of the molecule is CN(CC1CC2CCC1C2)C(=O)C1(C#N)CCCC1. The van der Waals surface area contributed by atoms with Crippen LogP contribution in [0.5, 0.6) is 0 Å². The summed E-state index contributed by atoms with van der Waals surface area (Å²) in [6.07, 6.45) is 9.05. The van der Waals surface area contributed by atoms with Gasteiger partial charge in [-0.05, 0) is 49.9 Å². The van der Waals surface area contributed by atoms with Gasteiger partial charge in [0.05, 0.1) is 6.07 Å². The van der Waals surface area contributed by atoms with Crippen LogP contribution in [-0.4, -0.2) is 24.4 Å².